The van der Waals surface area contributed by atoms with E-state index in [0.29, 0.717) is 30.8 Å². The summed E-state index contributed by atoms with van der Waals surface area (Å²) in [7, 11) is 0. The van der Waals surface area contributed by atoms with Crippen molar-refractivity contribution in [2.24, 2.45) is 0 Å². The Hall–Kier alpha value is -3.33. The highest BCUT2D eigenvalue weighted by Crippen LogP contribution is 2.28. The predicted octanol–water partition coefficient (Wildman–Crippen LogP) is 3.37. The minimum Gasteiger partial charge on any atom is -0.489 e. The molecule has 0 bridgehead atoms. The number of rotatable bonds is 7. The van der Waals surface area contributed by atoms with E-state index in [2.05, 4.69) is 11.4 Å². The zero-order valence-corrected chi connectivity index (χ0v) is 15.5. The molecular weight excluding hydrogens is 356 g/mol. The van der Waals surface area contributed by atoms with Crippen LogP contribution in [0, 0.1) is 11.3 Å². The molecule has 6 heteroatoms. The number of benzene rings is 2. The van der Waals surface area contributed by atoms with Crippen LogP contribution in [0.2, 0.25) is 0 Å². The molecule has 2 aromatic rings. The molecule has 1 amide bonds. The summed E-state index contributed by atoms with van der Waals surface area (Å²) in [6, 6.07) is 18.5. The van der Waals surface area contributed by atoms with Crippen molar-refractivity contribution in [2.75, 3.05) is 6.61 Å². The van der Waals surface area contributed by atoms with Crippen LogP contribution in [0.5, 0.6) is 5.75 Å². The highest BCUT2D eigenvalue weighted by molar-refractivity contribution is 5.91. The smallest absolute Gasteiger partial charge is 0.338 e. The molecule has 28 heavy (non-hydrogen) atoms. The van der Waals surface area contributed by atoms with E-state index < -0.39 is 24.0 Å². The Bertz CT molecular complexity index is 868. The maximum atomic E-state index is 12.2. The predicted molar refractivity (Wildman–Crippen MR) is 102 cm³/mol. The van der Waals surface area contributed by atoms with Gasteiger partial charge >= 0.3 is 5.97 Å². The van der Waals surface area contributed by atoms with Gasteiger partial charge in [0.25, 0.3) is 5.91 Å². The van der Waals surface area contributed by atoms with E-state index in [1.807, 2.05) is 30.3 Å². The van der Waals surface area contributed by atoms with Crippen LogP contribution in [0.1, 0.15) is 41.6 Å². The second-order valence-electron chi connectivity index (χ2n) is 6.83. The van der Waals surface area contributed by atoms with E-state index in [9.17, 15) is 14.9 Å². The number of carbonyl (C=O) groups excluding carboxylic acids is 2. The maximum absolute atomic E-state index is 12.2. The number of nitriles is 1. The molecule has 0 saturated heterocycles. The molecule has 3 rings (SSSR count). The summed E-state index contributed by atoms with van der Waals surface area (Å²) in [6.07, 6.45) is 3.07. The normalized spacial score (nSPS) is 14.7. The van der Waals surface area contributed by atoms with Crippen molar-refractivity contribution >= 4 is 11.9 Å². The van der Waals surface area contributed by atoms with Gasteiger partial charge in [-0.25, -0.2) is 4.79 Å². The lowest BCUT2D eigenvalue weighted by atomic mass is 10.00. The molecule has 0 radical (unpaired) electrons. The van der Waals surface area contributed by atoms with Crippen LogP contribution in [0.25, 0.3) is 0 Å². The van der Waals surface area contributed by atoms with E-state index in [1.54, 1.807) is 24.3 Å². The van der Waals surface area contributed by atoms with Gasteiger partial charge in [0, 0.05) is 0 Å². The monoisotopic (exact) mass is 378 g/mol. The lowest BCUT2D eigenvalue weighted by Gasteiger charge is -2.21. The average Bonchev–Trinajstić information content (AvgIpc) is 3.20. The van der Waals surface area contributed by atoms with Crippen LogP contribution >= 0.6 is 0 Å². The van der Waals surface area contributed by atoms with E-state index >= 15 is 0 Å². The van der Waals surface area contributed by atoms with Crippen LogP contribution in [0.15, 0.2) is 54.6 Å². The Kier molecular flexibility index (Phi) is 6.28. The lowest BCUT2D eigenvalue weighted by molar-refractivity contribution is -0.125. The molecule has 144 valence electrons. The van der Waals surface area contributed by atoms with Crippen molar-refractivity contribution in [3.05, 3.63) is 65.7 Å². The van der Waals surface area contributed by atoms with Gasteiger partial charge in [-0.1, -0.05) is 36.4 Å². The Morgan fingerprint density at radius 2 is 1.82 bits per heavy atom. The number of hydrogen-bond acceptors (Lipinski definition) is 5. The zero-order valence-electron chi connectivity index (χ0n) is 15.5. The third-order valence-corrected chi connectivity index (χ3v) is 4.70. The topological polar surface area (TPSA) is 88.4 Å². The second-order valence-corrected chi connectivity index (χ2v) is 6.83. The number of nitrogens with one attached hydrogen (secondary N) is 1. The molecule has 2 aromatic carbocycles. The van der Waals surface area contributed by atoms with Crippen molar-refractivity contribution in [3.8, 4) is 11.8 Å². The molecule has 0 aromatic heterocycles. The molecule has 0 spiro atoms. The number of amides is 1. The van der Waals surface area contributed by atoms with Gasteiger partial charge in [0.05, 0.1) is 11.6 Å². The molecule has 1 N–H and O–H groups in total. The van der Waals surface area contributed by atoms with Crippen LogP contribution in [0.4, 0.5) is 0 Å². The average molecular weight is 378 g/mol. The molecule has 6 nitrogen and oxygen atoms in total. The molecule has 1 aliphatic rings. The van der Waals surface area contributed by atoms with Crippen molar-refractivity contribution in [3.63, 3.8) is 0 Å². The molecular formula is C22H22N2O4. The molecule has 0 heterocycles. The standard InChI is InChI=1S/C22H22N2O4/c23-16-22(11-4-5-12-22)24-20(25)15-28-21(26)18-9-6-10-19(13-18)27-14-17-7-2-1-3-8-17/h1-3,6-10,13H,4-5,11-12,14-15H2,(H,24,25). The van der Waals surface area contributed by atoms with Gasteiger partial charge in [-0.2, -0.15) is 5.26 Å². The van der Waals surface area contributed by atoms with E-state index in [-0.39, 0.29) is 0 Å². The minimum atomic E-state index is -0.825. The van der Waals surface area contributed by atoms with E-state index in [0.717, 1.165) is 18.4 Å². The minimum absolute atomic E-state index is 0.300. The first kappa shape index (κ1) is 19.4. The maximum Gasteiger partial charge on any atom is 0.338 e. The lowest BCUT2D eigenvalue weighted by Crippen LogP contribution is -2.46. The summed E-state index contributed by atoms with van der Waals surface area (Å²) < 4.78 is 10.8. The van der Waals surface area contributed by atoms with Crippen molar-refractivity contribution in [1.82, 2.24) is 5.32 Å². The highest BCUT2D eigenvalue weighted by Gasteiger charge is 2.35. The van der Waals surface area contributed by atoms with Gasteiger partial charge in [0.2, 0.25) is 0 Å². The summed E-state index contributed by atoms with van der Waals surface area (Å²) in [5.74, 6) is -0.539. The first-order valence-electron chi connectivity index (χ1n) is 9.26. The second kappa shape index (κ2) is 9.05. The molecule has 0 atom stereocenters. The summed E-state index contributed by atoms with van der Waals surface area (Å²) in [5.41, 5.74) is 0.494. The van der Waals surface area contributed by atoms with Crippen molar-refractivity contribution < 1.29 is 19.1 Å². The number of nitrogens with zero attached hydrogens (tertiary/aromatic N) is 1. The zero-order chi connectivity index (χ0) is 19.8. The third kappa shape index (κ3) is 5.10. The third-order valence-electron chi connectivity index (χ3n) is 4.70. The summed E-state index contributed by atoms with van der Waals surface area (Å²) in [4.78, 5) is 24.3. The summed E-state index contributed by atoms with van der Waals surface area (Å²) in [6.45, 7) is -0.0324. The fourth-order valence-corrected chi connectivity index (χ4v) is 3.21. The molecule has 0 unspecified atom stereocenters. The first-order valence-corrected chi connectivity index (χ1v) is 9.26. The highest BCUT2D eigenvalue weighted by atomic mass is 16.5. The van der Waals surface area contributed by atoms with Crippen molar-refractivity contribution in [1.29, 1.82) is 5.26 Å². The number of carbonyl (C=O) groups is 2. The van der Waals surface area contributed by atoms with Gasteiger partial charge < -0.3 is 14.8 Å². The molecule has 0 aliphatic heterocycles. The number of ether oxygens (including phenoxy) is 2. The number of esters is 1. The Morgan fingerprint density at radius 1 is 1.07 bits per heavy atom. The molecule has 1 fully saturated rings. The van der Waals surface area contributed by atoms with Gasteiger partial charge in [0.1, 0.15) is 17.9 Å². The van der Waals surface area contributed by atoms with Gasteiger partial charge in [-0.3, -0.25) is 4.79 Å². The summed E-state index contributed by atoms with van der Waals surface area (Å²) in [5, 5.41) is 12.0. The Morgan fingerprint density at radius 3 is 2.54 bits per heavy atom. The molecule has 1 aliphatic carbocycles. The van der Waals surface area contributed by atoms with Crippen LogP contribution in [0.3, 0.4) is 0 Å². The van der Waals surface area contributed by atoms with E-state index in [1.165, 1.54) is 0 Å². The largest absolute Gasteiger partial charge is 0.489 e. The first-order chi connectivity index (χ1) is 13.6. The van der Waals surface area contributed by atoms with Gasteiger partial charge in [-0.05, 0) is 49.4 Å². The fourth-order valence-electron chi connectivity index (χ4n) is 3.21. The SMILES string of the molecule is N#CC1(NC(=O)COC(=O)c2cccc(OCc3ccccc3)c2)CCCC1. The fraction of sp³-hybridized carbons (Fsp3) is 0.318. The van der Waals surface area contributed by atoms with Gasteiger partial charge in [0.15, 0.2) is 6.61 Å². The van der Waals surface area contributed by atoms with Crippen molar-refractivity contribution in [2.45, 2.75) is 37.8 Å². The van der Waals surface area contributed by atoms with Crippen LogP contribution < -0.4 is 10.1 Å². The molecule has 1 saturated carbocycles. The van der Waals surface area contributed by atoms with E-state index in [4.69, 9.17) is 9.47 Å². The number of hydrogen-bond donors (Lipinski definition) is 1. The quantitative estimate of drug-likeness (QED) is 0.746. The van der Waals surface area contributed by atoms with Crippen LogP contribution in [-0.2, 0) is 16.1 Å². The Labute approximate surface area is 164 Å². The van der Waals surface area contributed by atoms with Crippen LogP contribution in [-0.4, -0.2) is 24.0 Å². The van der Waals surface area contributed by atoms with Gasteiger partial charge in [-0.15, -0.1) is 0 Å². The summed E-state index contributed by atoms with van der Waals surface area (Å²) >= 11 is 0. The Balaban J connectivity index is 1.51.